The molecule has 2 heterocycles. The lowest BCUT2D eigenvalue weighted by atomic mass is 10.1. The molecule has 7 heteroatoms. The van der Waals surface area contributed by atoms with Crippen LogP contribution in [-0.4, -0.2) is 13.4 Å². The van der Waals surface area contributed by atoms with Gasteiger partial charge in [0.1, 0.15) is 5.69 Å². The summed E-state index contributed by atoms with van der Waals surface area (Å²) in [5, 5.41) is 0.509. The second-order valence-corrected chi connectivity index (χ2v) is 7.44. The number of nitrogens with one attached hydrogen (secondary N) is 1. The Morgan fingerprint density at radius 3 is 2.75 bits per heavy atom. The molecule has 2 aromatic heterocycles. The van der Waals surface area contributed by atoms with E-state index in [1.54, 1.807) is 54.9 Å². The highest BCUT2D eigenvalue weighted by Gasteiger charge is 2.14. The van der Waals surface area contributed by atoms with E-state index in [1.165, 1.54) is 0 Å². The topological polar surface area (TPSA) is 72.2 Å². The molecular formula is C17H15ClN2O3S. The van der Waals surface area contributed by atoms with Crippen LogP contribution in [0, 0.1) is 0 Å². The summed E-state index contributed by atoms with van der Waals surface area (Å²) in [5.74, 6) is 0.462. The molecule has 124 valence electrons. The van der Waals surface area contributed by atoms with Crippen LogP contribution in [0.4, 0.5) is 0 Å². The monoisotopic (exact) mass is 362 g/mol. The van der Waals surface area contributed by atoms with E-state index in [0.29, 0.717) is 22.0 Å². The summed E-state index contributed by atoms with van der Waals surface area (Å²) in [6.07, 6.45) is 3.19. The Balaban J connectivity index is 1.74. The van der Waals surface area contributed by atoms with Gasteiger partial charge in [-0.15, -0.1) is 0 Å². The molecule has 0 aliphatic heterocycles. The van der Waals surface area contributed by atoms with E-state index in [9.17, 15) is 8.42 Å². The number of pyridine rings is 1. The van der Waals surface area contributed by atoms with Gasteiger partial charge in [0.05, 0.1) is 12.0 Å². The number of halogens is 1. The Labute approximate surface area is 145 Å². The molecule has 24 heavy (non-hydrogen) atoms. The lowest BCUT2D eigenvalue weighted by Gasteiger charge is -2.09. The molecule has 1 aromatic carbocycles. The first-order valence-electron chi connectivity index (χ1n) is 7.23. The number of benzene rings is 1. The Hall–Kier alpha value is -2.15. The van der Waals surface area contributed by atoms with Crippen molar-refractivity contribution in [1.29, 1.82) is 0 Å². The van der Waals surface area contributed by atoms with E-state index in [-0.39, 0.29) is 12.3 Å². The van der Waals surface area contributed by atoms with Gasteiger partial charge in [0, 0.05) is 17.8 Å². The normalized spacial score (nSPS) is 11.5. The van der Waals surface area contributed by atoms with E-state index < -0.39 is 10.0 Å². The number of sulfonamides is 1. The number of hydrogen-bond acceptors (Lipinski definition) is 4. The summed E-state index contributed by atoms with van der Waals surface area (Å²) in [7, 11) is -3.50. The fraction of sp³-hybridized carbons (Fsp3) is 0.118. The Morgan fingerprint density at radius 2 is 2.00 bits per heavy atom. The molecule has 0 aliphatic carbocycles. The zero-order chi connectivity index (χ0) is 17.0. The SMILES string of the molecule is O=S(=O)(Cc1cccc(Cl)c1)NCc1cccnc1-c1ccco1. The van der Waals surface area contributed by atoms with Crippen molar-refractivity contribution in [3.8, 4) is 11.5 Å². The molecule has 0 bridgehead atoms. The molecular weight excluding hydrogens is 348 g/mol. The second kappa shape index (κ2) is 7.17. The van der Waals surface area contributed by atoms with Gasteiger partial charge in [0.2, 0.25) is 10.0 Å². The minimum absolute atomic E-state index is 0.132. The molecule has 0 saturated heterocycles. The van der Waals surface area contributed by atoms with Crippen LogP contribution in [0.25, 0.3) is 11.5 Å². The molecule has 5 nitrogen and oxygen atoms in total. The third-order valence-corrected chi connectivity index (χ3v) is 4.91. The standard InChI is InChI=1S/C17H15ClN2O3S/c18-15-6-1-4-13(10-15)12-24(21,22)20-11-14-5-2-8-19-17(14)16-7-3-9-23-16/h1-10,20H,11-12H2. The minimum atomic E-state index is -3.50. The van der Waals surface area contributed by atoms with Crippen molar-refractivity contribution in [1.82, 2.24) is 9.71 Å². The molecule has 0 fully saturated rings. The van der Waals surface area contributed by atoms with Crippen molar-refractivity contribution >= 4 is 21.6 Å². The molecule has 3 rings (SSSR count). The maximum atomic E-state index is 12.3. The molecule has 1 N–H and O–H groups in total. The maximum absolute atomic E-state index is 12.3. The van der Waals surface area contributed by atoms with Gasteiger partial charge >= 0.3 is 0 Å². The van der Waals surface area contributed by atoms with Crippen LogP contribution in [0.3, 0.4) is 0 Å². The van der Waals surface area contributed by atoms with Crippen molar-refractivity contribution in [2.45, 2.75) is 12.3 Å². The van der Waals surface area contributed by atoms with Crippen LogP contribution in [0.15, 0.2) is 65.4 Å². The van der Waals surface area contributed by atoms with Gasteiger partial charge in [-0.1, -0.05) is 29.8 Å². The van der Waals surface area contributed by atoms with Crippen LogP contribution in [-0.2, 0) is 22.3 Å². The van der Waals surface area contributed by atoms with Gasteiger partial charge in [-0.05, 0) is 41.5 Å². The summed E-state index contributed by atoms with van der Waals surface area (Å²) in [5.41, 5.74) is 1.99. The third kappa shape index (κ3) is 4.23. The first kappa shape index (κ1) is 16.7. The van der Waals surface area contributed by atoms with E-state index in [1.807, 2.05) is 6.07 Å². The fourth-order valence-electron chi connectivity index (χ4n) is 2.30. The third-order valence-electron chi connectivity index (χ3n) is 3.37. The molecule has 0 spiro atoms. The van der Waals surface area contributed by atoms with Crippen LogP contribution < -0.4 is 4.72 Å². The molecule has 0 atom stereocenters. The highest BCUT2D eigenvalue weighted by Crippen LogP contribution is 2.21. The second-order valence-electron chi connectivity index (χ2n) is 5.20. The average molecular weight is 363 g/mol. The predicted molar refractivity (Wildman–Crippen MR) is 92.9 cm³/mol. The van der Waals surface area contributed by atoms with Crippen LogP contribution in [0.2, 0.25) is 5.02 Å². The Morgan fingerprint density at radius 1 is 1.12 bits per heavy atom. The summed E-state index contributed by atoms with van der Waals surface area (Å²) < 4.78 is 32.5. The highest BCUT2D eigenvalue weighted by molar-refractivity contribution is 7.88. The predicted octanol–water partition coefficient (Wildman–Crippen LogP) is 3.61. The lowest BCUT2D eigenvalue weighted by molar-refractivity contribution is 0.574. The quantitative estimate of drug-likeness (QED) is 0.727. The summed E-state index contributed by atoms with van der Waals surface area (Å²) >= 11 is 5.89. The molecule has 0 unspecified atom stereocenters. The van der Waals surface area contributed by atoms with Crippen molar-refractivity contribution in [3.63, 3.8) is 0 Å². The van der Waals surface area contributed by atoms with Crippen LogP contribution in [0.1, 0.15) is 11.1 Å². The number of rotatable bonds is 6. The van der Waals surface area contributed by atoms with E-state index in [4.69, 9.17) is 16.0 Å². The number of hydrogen-bond donors (Lipinski definition) is 1. The minimum Gasteiger partial charge on any atom is -0.463 e. The zero-order valence-electron chi connectivity index (χ0n) is 12.6. The van der Waals surface area contributed by atoms with Gasteiger partial charge in [-0.25, -0.2) is 13.1 Å². The first-order chi connectivity index (χ1) is 11.5. The average Bonchev–Trinajstić information content (AvgIpc) is 3.07. The van der Waals surface area contributed by atoms with Crippen LogP contribution >= 0.6 is 11.6 Å². The summed E-state index contributed by atoms with van der Waals surface area (Å²) in [4.78, 5) is 4.27. The van der Waals surface area contributed by atoms with Gasteiger partial charge in [-0.3, -0.25) is 4.98 Å². The van der Waals surface area contributed by atoms with Crippen LogP contribution in [0.5, 0.6) is 0 Å². The maximum Gasteiger partial charge on any atom is 0.216 e. The van der Waals surface area contributed by atoms with Crippen molar-refractivity contribution in [2.75, 3.05) is 0 Å². The van der Waals surface area contributed by atoms with Gasteiger partial charge < -0.3 is 4.42 Å². The summed E-state index contributed by atoms with van der Waals surface area (Å²) in [6.45, 7) is 0.132. The van der Waals surface area contributed by atoms with Gasteiger partial charge in [0.25, 0.3) is 0 Å². The van der Waals surface area contributed by atoms with Gasteiger partial charge in [-0.2, -0.15) is 0 Å². The number of aromatic nitrogens is 1. The van der Waals surface area contributed by atoms with Crippen molar-refractivity contribution in [3.05, 3.63) is 77.1 Å². The lowest BCUT2D eigenvalue weighted by Crippen LogP contribution is -2.25. The number of nitrogens with zero attached hydrogens (tertiary/aromatic N) is 1. The smallest absolute Gasteiger partial charge is 0.216 e. The molecule has 0 aliphatic rings. The first-order valence-corrected chi connectivity index (χ1v) is 9.26. The summed E-state index contributed by atoms with van der Waals surface area (Å²) in [6, 6.07) is 13.9. The van der Waals surface area contributed by atoms with Crippen molar-refractivity contribution < 1.29 is 12.8 Å². The molecule has 0 saturated carbocycles. The number of furan rings is 1. The molecule has 0 radical (unpaired) electrons. The van der Waals surface area contributed by atoms with E-state index >= 15 is 0 Å². The largest absolute Gasteiger partial charge is 0.463 e. The van der Waals surface area contributed by atoms with E-state index in [0.717, 1.165) is 5.56 Å². The fourth-order valence-corrected chi connectivity index (χ4v) is 3.61. The molecule has 0 amide bonds. The Kier molecular flexibility index (Phi) is 4.99. The molecule has 3 aromatic rings. The van der Waals surface area contributed by atoms with E-state index in [2.05, 4.69) is 9.71 Å². The zero-order valence-corrected chi connectivity index (χ0v) is 14.2. The van der Waals surface area contributed by atoms with Gasteiger partial charge in [0.15, 0.2) is 5.76 Å². The van der Waals surface area contributed by atoms with Crippen molar-refractivity contribution in [2.24, 2.45) is 0 Å². The Bertz CT molecular complexity index is 925. The highest BCUT2D eigenvalue weighted by atomic mass is 35.5.